The summed E-state index contributed by atoms with van der Waals surface area (Å²) in [6.07, 6.45) is -0.150. The topological polar surface area (TPSA) is 33.1 Å². The lowest BCUT2D eigenvalue weighted by Crippen LogP contribution is -1.94. The Morgan fingerprint density at radius 3 is 2.67 bits per heavy atom. The summed E-state index contributed by atoms with van der Waals surface area (Å²) in [6, 6.07) is 0. The highest BCUT2D eigenvalue weighted by molar-refractivity contribution is 9.10. The van der Waals surface area contributed by atoms with Crippen LogP contribution in [0.1, 0.15) is 17.6 Å². The van der Waals surface area contributed by atoms with Crippen molar-refractivity contribution in [1.29, 1.82) is 0 Å². The first kappa shape index (κ1) is 9.54. The van der Waals surface area contributed by atoms with Gasteiger partial charge in [0.05, 0.1) is 12.2 Å². The molecule has 1 rings (SSSR count). The van der Waals surface area contributed by atoms with E-state index in [4.69, 9.17) is 5.11 Å². The molecule has 2 nitrogen and oxygen atoms in total. The fourth-order valence-electron chi connectivity index (χ4n) is 0.769. The number of pyridine rings is 1. The Bertz CT molecular complexity index is 280. The van der Waals surface area contributed by atoms with Crippen molar-refractivity contribution in [3.05, 3.63) is 28.0 Å². The van der Waals surface area contributed by atoms with Gasteiger partial charge >= 0.3 is 0 Å². The van der Waals surface area contributed by atoms with Gasteiger partial charge in [-0.15, -0.1) is 0 Å². The minimum atomic E-state index is -2.57. The predicted octanol–water partition coefficient (Wildman–Crippen LogP) is 2.27. The zero-order chi connectivity index (χ0) is 9.14. The Kier molecular flexibility index (Phi) is 3.11. The predicted molar refractivity (Wildman–Crippen MR) is 42.8 cm³/mol. The van der Waals surface area contributed by atoms with E-state index < -0.39 is 6.43 Å². The van der Waals surface area contributed by atoms with Gasteiger partial charge in [0.1, 0.15) is 0 Å². The number of halogens is 3. The SMILES string of the molecule is OCc1cncc(C(F)F)c1Br. The molecule has 0 fully saturated rings. The van der Waals surface area contributed by atoms with Crippen LogP contribution < -0.4 is 0 Å². The van der Waals surface area contributed by atoms with Crippen molar-refractivity contribution in [3.8, 4) is 0 Å². The first-order valence-electron chi connectivity index (χ1n) is 3.18. The van der Waals surface area contributed by atoms with Gasteiger partial charge in [0.25, 0.3) is 6.43 Å². The van der Waals surface area contributed by atoms with E-state index in [9.17, 15) is 8.78 Å². The summed E-state index contributed by atoms with van der Waals surface area (Å²) in [6.45, 7) is -0.297. The lowest BCUT2D eigenvalue weighted by molar-refractivity contribution is 0.149. The van der Waals surface area contributed by atoms with Gasteiger partial charge in [-0.2, -0.15) is 0 Å². The molecular formula is C7H6BrF2NO. The average molecular weight is 238 g/mol. The first-order valence-corrected chi connectivity index (χ1v) is 3.97. The second kappa shape index (κ2) is 3.91. The second-order valence-corrected chi connectivity index (χ2v) is 2.95. The van der Waals surface area contributed by atoms with E-state index in [1.807, 2.05) is 0 Å². The highest BCUT2D eigenvalue weighted by atomic mass is 79.9. The highest BCUT2D eigenvalue weighted by Gasteiger charge is 2.13. The number of nitrogens with zero attached hydrogens (tertiary/aromatic N) is 1. The molecule has 0 bridgehead atoms. The van der Waals surface area contributed by atoms with Crippen LogP contribution in [0.15, 0.2) is 16.9 Å². The highest BCUT2D eigenvalue weighted by Crippen LogP contribution is 2.28. The summed E-state index contributed by atoms with van der Waals surface area (Å²) in [4.78, 5) is 3.57. The van der Waals surface area contributed by atoms with Crippen LogP contribution in [0.3, 0.4) is 0 Å². The molecule has 0 saturated carbocycles. The van der Waals surface area contributed by atoms with E-state index in [-0.39, 0.29) is 16.6 Å². The Hall–Kier alpha value is -0.550. The molecule has 66 valence electrons. The zero-order valence-corrected chi connectivity index (χ0v) is 7.55. The summed E-state index contributed by atoms with van der Waals surface area (Å²) in [5.41, 5.74) is 0.175. The van der Waals surface area contributed by atoms with Gasteiger partial charge in [-0.05, 0) is 15.9 Å². The van der Waals surface area contributed by atoms with Gasteiger partial charge in [-0.25, -0.2) is 8.78 Å². The van der Waals surface area contributed by atoms with E-state index in [0.717, 1.165) is 6.20 Å². The smallest absolute Gasteiger partial charge is 0.266 e. The lowest BCUT2D eigenvalue weighted by Gasteiger charge is -2.05. The number of rotatable bonds is 2. The summed E-state index contributed by atoms with van der Waals surface area (Å²) < 4.78 is 24.6. The van der Waals surface area contributed by atoms with Crippen LogP contribution in [-0.4, -0.2) is 10.1 Å². The molecule has 0 aromatic carbocycles. The molecule has 0 spiro atoms. The molecule has 0 radical (unpaired) electrons. The number of aliphatic hydroxyl groups is 1. The van der Waals surface area contributed by atoms with E-state index in [2.05, 4.69) is 20.9 Å². The molecule has 0 aliphatic carbocycles. The molecule has 1 N–H and O–H groups in total. The molecule has 0 unspecified atom stereocenters. The van der Waals surface area contributed by atoms with Gasteiger partial charge in [0.2, 0.25) is 0 Å². The molecular weight excluding hydrogens is 232 g/mol. The van der Waals surface area contributed by atoms with Gasteiger partial charge in [-0.1, -0.05) is 0 Å². The van der Waals surface area contributed by atoms with Crippen molar-refractivity contribution < 1.29 is 13.9 Å². The van der Waals surface area contributed by atoms with E-state index >= 15 is 0 Å². The van der Waals surface area contributed by atoms with Crippen LogP contribution in [0.25, 0.3) is 0 Å². The molecule has 0 aliphatic heterocycles. The maximum absolute atomic E-state index is 12.2. The second-order valence-electron chi connectivity index (χ2n) is 2.16. The molecule has 5 heteroatoms. The van der Waals surface area contributed by atoms with Crippen molar-refractivity contribution in [2.24, 2.45) is 0 Å². The van der Waals surface area contributed by atoms with Crippen molar-refractivity contribution in [3.63, 3.8) is 0 Å². The summed E-state index contributed by atoms with van der Waals surface area (Å²) >= 11 is 2.96. The lowest BCUT2D eigenvalue weighted by atomic mass is 10.2. The average Bonchev–Trinajstić information content (AvgIpc) is 2.04. The minimum Gasteiger partial charge on any atom is -0.392 e. The fourth-order valence-corrected chi connectivity index (χ4v) is 1.27. The van der Waals surface area contributed by atoms with E-state index in [1.165, 1.54) is 6.20 Å². The summed E-state index contributed by atoms with van der Waals surface area (Å²) in [5, 5.41) is 8.71. The maximum Gasteiger partial charge on any atom is 0.266 e. The molecule has 1 heterocycles. The third kappa shape index (κ3) is 1.78. The molecule has 0 saturated heterocycles. The number of aliphatic hydroxyl groups excluding tert-OH is 1. The molecule has 0 aliphatic rings. The summed E-state index contributed by atoms with van der Waals surface area (Å²) in [7, 11) is 0. The van der Waals surface area contributed by atoms with Crippen molar-refractivity contribution in [2.45, 2.75) is 13.0 Å². The van der Waals surface area contributed by atoms with Crippen LogP contribution in [0.4, 0.5) is 8.78 Å². The molecule has 0 atom stereocenters. The van der Waals surface area contributed by atoms with Gasteiger partial charge in [-0.3, -0.25) is 4.98 Å². The van der Waals surface area contributed by atoms with Gasteiger partial charge in [0.15, 0.2) is 0 Å². The molecule has 1 aromatic heterocycles. The van der Waals surface area contributed by atoms with Crippen molar-refractivity contribution in [1.82, 2.24) is 4.98 Å². The van der Waals surface area contributed by atoms with Crippen molar-refractivity contribution in [2.75, 3.05) is 0 Å². The largest absolute Gasteiger partial charge is 0.392 e. The Morgan fingerprint density at radius 2 is 2.17 bits per heavy atom. The summed E-state index contributed by atoms with van der Waals surface area (Å²) in [5.74, 6) is 0. The standard InChI is InChI=1S/C7H6BrF2NO/c8-6-4(3-12)1-11-2-5(6)7(9)10/h1-2,7,12H,3H2. The van der Waals surface area contributed by atoms with Gasteiger partial charge in [0, 0.05) is 22.4 Å². The Balaban J connectivity index is 3.14. The third-order valence-corrected chi connectivity index (χ3v) is 2.35. The van der Waals surface area contributed by atoms with Crippen LogP contribution in [0.5, 0.6) is 0 Å². The molecule has 12 heavy (non-hydrogen) atoms. The number of hydrogen-bond acceptors (Lipinski definition) is 2. The van der Waals surface area contributed by atoms with Crippen LogP contribution in [0.2, 0.25) is 0 Å². The van der Waals surface area contributed by atoms with Gasteiger partial charge < -0.3 is 5.11 Å². The van der Waals surface area contributed by atoms with E-state index in [1.54, 1.807) is 0 Å². The minimum absolute atomic E-state index is 0.193. The number of alkyl halides is 2. The Morgan fingerprint density at radius 1 is 1.50 bits per heavy atom. The Labute approximate surface area is 76.4 Å². The zero-order valence-electron chi connectivity index (χ0n) is 5.97. The fraction of sp³-hybridized carbons (Fsp3) is 0.286. The monoisotopic (exact) mass is 237 g/mol. The van der Waals surface area contributed by atoms with Crippen LogP contribution in [-0.2, 0) is 6.61 Å². The normalized spacial score (nSPS) is 10.8. The molecule has 0 amide bonds. The third-order valence-electron chi connectivity index (χ3n) is 1.38. The van der Waals surface area contributed by atoms with Crippen LogP contribution >= 0.6 is 15.9 Å². The molecule has 1 aromatic rings. The maximum atomic E-state index is 12.2. The van der Waals surface area contributed by atoms with Crippen molar-refractivity contribution >= 4 is 15.9 Å². The first-order chi connectivity index (χ1) is 5.66. The van der Waals surface area contributed by atoms with E-state index in [0.29, 0.717) is 5.56 Å². The van der Waals surface area contributed by atoms with Crippen LogP contribution in [0, 0.1) is 0 Å². The number of aromatic nitrogens is 1. The number of hydrogen-bond donors (Lipinski definition) is 1. The quantitative estimate of drug-likeness (QED) is 0.857.